The second-order valence-electron chi connectivity index (χ2n) is 8.46. The van der Waals surface area contributed by atoms with E-state index in [1.807, 2.05) is 53.7 Å². The summed E-state index contributed by atoms with van der Waals surface area (Å²) in [5, 5.41) is 2.94. The average Bonchev–Trinajstić information content (AvgIpc) is 2.99. The number of carbonyl (C=O) groups excluding carboxylic acids is 1. The molecule has 1 aromatic rings. The van der Waals surface area contributed by atoms with Gasteiger partial charge in [-0.3, -0.25) is 4.79 Å². The molecule has 1 aromatic carbocycles. The maximum atomic E-state index is 13.0. The summed E-state index contributed by atoms with van der Waals surface area (Å²) < 4.78 is 29.8. The molecule has 7 heteroatoms. The standard InChI is InChI=1S/C20H27NO6/c1-10-7-11(2)9-12(8-10)21-17(22)15-13-14(25-19(3,4)24-13)16-18(23-15)27-20(5,6)26-16/h7-9,13-16,18H,1-6H3,(H,21,22)/t13-,14+,15-,16+,18-/m0/s1. The Hall–Kier alpha value is -1.51. The molecule has 1 N–H and O–H groups in total. The lowest BCUT2D eigenvalue weighted by molar-refractivity contribution is -0.229. The lowest BCUT2D eigenvalue weighted by atomic mass is 9.98. The third-order valence-corrected chi connectivity index (χ3v) is 4.90. The number of anilines is 1. The van der Waals surface area contributed by atoms with Gasteiger partial charge >= 0.3 is 0 Å². The highest BCUT2D eigenvalue weighted by molar-refractivity contribution is 5.95. The van der Waals surface area contributed by atoms with Crippen LogP contribution in [0.2, 0.25) is 0 Å². The monoisotopic (exact) mass is 377 g/mol. The molecule has 0 bridgehead atoms. The van der Waals surface area contributed by atoms with Gasteiger partial charge < -0.3 is 29.0 Å². The molecule has 3 heterocycles. The zero-order valence-electron chi connectivity index (χ0n) is 16.6. The Morgan fingerprint density at radius 2 is 1.41 bits per heavy atom. The zero-order valence-corrected chi connectivity index (χ0v) is 16.6. The van der Waals surface area contributed by atoms with E-state index in [0.29, 0.717) is 0 Å². The van der Waals surface area contributed by atoms with Crippen LogP contribution in [0.3, 0.4) is 0 Å². The molecule has 3 fully saturated rings. The summed E-state index contributed by atoms with van der Waals surface area (Å²) in [6.07, 6.45) is -3.03. The van der Waals surface area contributed by atoms with Crippen molar-refractivity contribution >= 4 is 11.6 Å². The van der Waals surface area contributed by atoms with Crippen LogP contribution in [0.25, 0.3) is 0 Å². The number of fused-ring (bicyclic) bond motifs is 3. The summed E-state index contributed by atoms with van der Waals surface area (Å²) in [5.41, 5.74) is 2.87. The van der Waals surface area contributed by atoms with Gasteiger partial charge in [-0.2, -0.15) is 0 Å². The molecular weight excluding hydrogens is 350 g/mol. The topological polar surface area (TPSA) is 75.3 Å². The van der Waals surface area contributed by atoms with E-state index >= 15 is 0 Å². The Morgan fingerprint density at radius 3 is 2.07 bits per heavy atom. The van der Waals surface area contributed by atoms with Gasteiger partial charge in [-0.15, -0.1) is 0 Å². The van der Waals surface area contributed by atoms with E-state index in [2.05, 4.69) is 11.4 Å². The van der Waals surface area contributed by atoms with Gasteiger partial charge in [-0.25, -0.2) is 0 Å². The van der Waals surface area contributed by atoms with Crippen LogP contribution in [-0.4, -0.2) is 48.2 Å². The molecule has 4 rings (SSSR count). The van der Waals surface area contributed by atoms with Gasteiger partial charge in [0.2, 0.25) is 0 Å². The minimum atomic E-state index is -0.864. The lowest BCUT2D eigenvalue weighted by Gasteiger charge is -2.36. The Kier molecular flexibility index (Phi) is 4.36. The Morgan fingerprint density at radius 1 is 0.852 bits per heavy atom. The second kappa shape index (κ2) is 6.25. The Balaban J connectivity index is 1.59. The van der Waals surface area contributed by atoms with Crippen LogP contribution in [0.4, 0.5) is 5.69 Å². The largest absolute Gasteiger partial charge is 0.342 e. The van der Waals surface area contributed by atoms with E-state index in [4.69, 9.17) is 23.7 Å². The highest BCUT2D eigenvalue weighted by atomic mass is 16.9. The second-order valence-corrected chi connectivity index (χ2v) is 8.46. The molecule has 0 radical (unpaired) electrons. The average molecular weight is 377 g/mol. The number of rotatable bonds is 2. The molecule has 1 amide bonds. The molecule has 3 aliphatic heterocycles. The zero-order chi connectivity index (χ0) is 19.6. The summed E-state index contributed by atoms with van der Waals surface area (Å²) in [7, 11) is 0. The molecule has 0 aliphatic carbocycles. The summed E-state index contributed by atoms with van der Waals surface area (Å²) in [6.45, 7) is 11.2. The number of carbonyl (C=O) groups is 1. The first-order valence-electron chi connectivity index (χ1n) is 9.29. The first kappa shape index (κ1) is 18.8. The maximum Gasteiger partial charge on any atom is 0.256 e. The van der Waals surface area contributed by atoms with Crippen molar-refractivity contribution in [1.82, 2.24) is 0 Å². The van der Waals surface area contributed by atoms with Gasteiger partial charge in [-0.1, -0.05) is 6.07 Å². The Labute approximate surface area is 159 Å². The Bertz CT molecular complexity index is 741. The molecule has 0 spiro atoms. The summed E-state index contributed by atoms with van der Waals surface area (Å²) in [5.74, 6) is -1.93. The minimum absolute atomic E-state index is 0.289. The van der Waals surface area contributed by atoms with Crippen LogP contribution in [0.5, 0.6) is 0 Å². The third kappa shape index (κ3) is 3.62. The molecule has 27 heavy (non-hydrogen) atoms. The van der Waals surface area contributed by atoms with Crippen LogP contribution in [0.15, 0.2) is 18.2 Å². The fraction of sp³-hybridized carbons (Fsp3) is 0.650. The lowest BCUT2D eigenvalue weighted by Crippen LogP contribution is -2.58. The van der Waals surface area contributed by atoms with Crippen LogP contribution >= 0.6 is 0 Å². The first-order chi connectivity index (χ1) is 12.5. The number of hydrogen-bond acceptors (Lipinski definition) is 6. The molecule has 0 unspecified atom stereocenters. The smallest absolute Gasteiger partial charge is 0.256 e. The minimum Gasteiger partial charge on any atom is -0.342 e. The molecule has 3 aliphatic rings. The molecule has 5 atom stereocenters. The highest BCUT2D eigenvalue weighted by Crippen LogP contribution is 2.44. The van der Waals surface area contributed by atoms with Crippen LogP contribution in [0.1, 0.15) is 38.8 Å². The number of ether oxygens (including phenoxy) is 5. The number of nitrogens with one attached hydrogen (secondary N) is 1. The van der Waals surface area contributed by atoms with Gasteiger partial charge in [0.15, 0.2) is 24.0 Å². The van der Waals surface area contributed by atoms with Gasteiger partial charge in [0.25, 0.3) is 5.91 Å². The fourth-order valence-corrected chi connectivity index (χ4v) is 4.08. The number of amides is 1. The van der Waals surface area contributed by atoms with E-state index in [9.17, 15) is 4.79 Å². The number of aryl methyl sites for hydroxylation is 2. The quantitative estimate of drug-likeness (QED) is 0.854. The highest BCUT2D eigenvalue weighted by Gasteiger charge is 2.62. The van der Waals surface area contributed by atoms with Crippen molar-refractivity contribution in [2.24, 2.45) is 0 Å². The first-order valence-corrected chi connectivity index (χ1v) is 9.29. The van der Waals surface area contributed by atoms with Gasteiger partial charge in [0.05, 0.1) is 0 Å². The van der Waals surface area contributed by atoms with Crippen molar-refractivity contribution in [2.45, 2.75) is 83.8 Å². The molecule has 7 nitrogen and oxygen atoms in total. The van der Waals surface area contributed by atoms with Crippen molar-refractivity contribution in [1.29, 1.82) is 0 Å². The van der Waals surface area contributed by atoms with E-state index < -0.39 is 42.3 Å². The van der Waals surface area contributed by atoms with Crippen LogP contribution in [0, 0.1) is 13.8 Å². The van der Waals surface area contributed by atoms with E-state index in [-0.39, 0.29) is 5.91 Å². The molecule has 0 saturated carbocycles. The van der Waals surface area contributed by atoms with Crippen molar-refractivity contribution < 1.29 is 28.5 Å². The van der Waals surface area contributed by atoms with Gasteiger partial charge in [0, 0.05) is 5.69 Å². The predicted octanol–water partition coefficient (Wildman–Crippen LogP) is 2.64. The van der Waals surface area contributed by atoms with Crippen molar-refractivity contribution in [3.05, 3.63) is 29.3 Å². The fourth-order valence-electron chi connectivity index (χ4n) is 4.08. The number of hydrogen-bond donors (Lipinski definition) is 1. The summed E-state index contributed by atoms with van der Waals surface area (Å²) >= 11 is 0. The van der Waals surface area contributed by atoms with E-state index in [0.717, 1.165) is 16.8 Å². The molecular formula is C20H27NO6. The summed E-state index contributed by atoms with van der Waals surface area (Å²) in [4.78, 5) is 13.0. The molecule has 3 saturated heterocycles. The maximum absolute atomic E-state index is 13.0. The van der Waals surface area contributed by atoms with E-state index in [1.165, 1.54) is 0 Å². The van der Waals surface area contributed by atoms with Gasteiger partial charge in [0.1, 0.15) is 18.3 Å². The predicted molar refractivity (Wildman–Crippen MR) is 97.1 cm³/mol. The third-order valence-electron chi connectivity index (χ3n) is 4.90. The molecule has 0 aromatic heterocycles. The summed E-state index contributed by atoms with van der Waals surface area (Å²) in [6, 6.07) is 5.89. The van der Waals surface area contributed by atoms with Crippen LogP contribution < -0.4 is 5.32 Å². The van der Waals surface area contributed by atoms with E-state index in [1.54, 1.807) is 0 Å². The number of benzene rings is 1. The molecule has 148 valence electrons. The van der Waals surface area contributed by atoms with Crippen molar-refractivity contribution in [3.8, 4) is 0 Å². The SMILES string of the molecule is Cc1cc(C)cc(NC(=O)[C@H]2O[C@H]3OC(C)(C)O[C@@H]3[C@@H]3OC(C)(C)O[C@@H]32)c1. The van der Waals surface area contributed by atoms with Crippen LogP contribution in [-0.2, 0) is 28.5 Å². The van der Waals surface area contributed by atoms with Crippen molar-refractivity contribution in [2.75, 3.05) is 5.32 Å². The van der Waals surface area contributed by atoms with Gasteiger partial charge in [-0.05, 0) is 64.8 Å². The normalized spacial score (nSPS) is 36.1. The van der Waals surface area contributed by atoms with Crippen molar-refractivity contribution in [3.63, 3.8) is 0 Å².